The average molecular weight is 617 g/mol. The van der Waals surface area contributed by atoms with Crippen LogP contribution >= 0.6 is 23.2 Å². The Morgan fingerprint density at radius 1 is 0.927 bits per heavy atom. The molecule has 41 heavy (non-hydrogen) atoms. The molecule has 2 amide bonds. The molecule has 1 N–H and O–H groups in total. The zero-order valence-corrected chi connectivity index (χ0v) is 25.3. The molecule has 3 aromatic rings. The summed E-state index contributed by atoms with van der Waals surface area (Å²) in [5, 5.41) is 3.50. The number of carbonyl (C=O) groups excluding carboxylic acids is 2. The van der Waals surface area contributed by atoms with E-state index in [9.17, 15) is 18.0 Å². The average Bonchev–Trinajstić information content (AvgIpc) is 2.98. The maximum absolute atomic E-state index is 14.0. The van der Waals surface area contributed by atoms with Crippen LogP contribution in [-0.2, 0) is 26.0 Å². The maximum Gasteiger partial charge on any atom is 0.264 e. The zero-order chi connectivity index (χ0) is 29.4. The van der Waals surface area contributed by atoms with Crippen LogP contribution in [0.3, 0.4) is 0 Å². The fraction of sp³-hybridized carbons (Fsp3) is 0.355. The van der Waals surface area contributed by atoms with Gasteiger partial charge in [0.2, 0.25) is 11.8 Å². The van der Waals surface area contributed by atoms with Crippen molar-refractivity contribution in [2.24, 2.45) is 0 Å². The van der Waals surface area contributed by atoms with E-state index in [1.54, 1.807) is 31.2 Å². The SMILES string of the molecule is CC(C(=O)NC1CCCCC1)N(CCc1ccccc1)C(=O)CN(c1cc(Cl)ccc1Cl)S(=O)(=O)c1ccccc1. The summed E-state index contributed by atoms with van der Waals surface area (Å²) in [6.07, 6.45) is 5.59. The van der Waals surface area contributed by atoms with Gasteiger partial charge >= 0.3 is 0 Å². The van der Waals surface area contributed by atoms with Crippen molar-refractivity contribution in [3.8, 4) is 0 Å². The summed E-state index contributed by atoms with van der Waals surface area (Å²) in [6.45, 7) is 1.35. The number of hydrogen-bond acceptors (Lipinski definition) is 4. The van der Waals surface area contributed by atoms with Gasteiger partial charge in [0.05, 0.1) is 15.6 Å². The molecule has 1 saturated carbocycles. The number of rotatable bonds is 11. The van der Waals surface area contributed by atoms with E-state index >= 15 is 0 Å². The number of nitrogens with zero attached hydrogens (tertiary/aromatic N) is 2. The highest BCUT2D eigenvalue weighted by molar-refractivity contribution is 7.92. The standard InChI is InChI=1S/C31H35Cl2N3O4S/c1-23(31(38)34-26-13-7-3-8-14-26)35(20-19-24-11-5-2-6-12-24)30(37)22-36(29-21-25(32)17-18-28(29)33)41(39,40)27-15-9-4-10-16-27/h2,4-6,9-12,15-18,21,23,26H,3,7-8,13-14,19-20,22H2,1H3,(H,34,38). The van der Waals surface area contributed by atoms with Gasteiger partial charge in [0.15, 0.2) is 0 Å². The van der Waals surface area contributed by atoms with Crippen molar-refractivity contribution < 1.29 is 18.0 Å². The highest BCUT2D eigenvalue weighted by Crippen LogP contribution is 2.33. The Labute approximate surface area is 252 Å². The first-order valence-electron chi connectivity index (χ1n) is 13.8. The molecule has 10 heteroatoms. The van der Waals surface area contributed by atoms with E-state index in [1.165, 1.54) is 29.2 Å². The van der Waals surface area contributed by atoms with Crippen molar-refractivity contribution in [2.45, 2.75) is 62.4 Å². The van der Waals surface area contributed by atoms with Gasteiger partial charge in [0, 0.05) is 17.6 Å². The van der Waals surface area contributed by atoms with Gasteiger partial charge in [-0.2, -0.15) is 0 Å². The van der Waals surface area contributed by atoms with Crippen molar-refractivity contribution in [3.05, 3.63) is 94.5 Å². The van der Waals surface area contributed by atoms with Gasteiger partial charge < -0.3 is 10.2 Å². The van der Waals surface area contributed by atoms with Crippen LogP contribution in [0.25, 0.3) is 0 Å². The van der Waals surface area contributed by atoms with Gasteiger partial charge in [-0.25, -0.2) is 8.42 Å². The molecule has 0 aromatic heterocycles. The van der Waals surface area contributed by atoms with Crippen molar-refractivity contribution >= 4 is 50.7 Å². The topological polar surface area (TPSA) is 86.8 Å². The molecule has 218 valence electrons. The van der Waals surface area contributed by atoms with Crippen molar-refractivity contribution in [2.75, 3.05) is 17.4 Å². The summed E-state index contributed by atoms with van der Waals surface area (Å²) in [4.78, 5) is 28.8. The van der Waals surface area contributed by atoms with Crippen molar-refractivity contribution in [1.82, 2.24) is 10.2 Å². The molecular formula is C31H35Cl2N3O4S. The first-order chi connectivity index (χ1) is 19.7. The van der Waals surface area contributed by atoms with Gasteiger partial charge in [0.1, 0.15) is 12.6 Å². The summed E-state index contributed by atoms with van der Waals surface area (Å²) < 4.78 is 28.7. The lowest BCUT2D eigenvalue weighted by atomic mass is 9.95. The third-order valence-electron chi connectivity index (χ3n) is 7.39. The van der Waals surface area contributed by atoms with E-state index in [0.29, 0.717) is 6.42 Å². The van der Waals surface area contributed by atoms with E-state index < -0.39 is 28.5 Å². The normalized spacial score (nSPS) is 14.7. The molecule has 1 unspecified atom stereocenters. The van der Waals surface area contributed by atoms with E-state index in [-0.39, 0.29) is 39.1 Å². The van der Waals surface area contributed by atoms with Crippen LogP contribution in [0.1, 0.15) is 44.6 Å². The van der Waals surface area contributed by atoms with E-state index in [4.69, 9.17) is 23.2 Å². The Morgan fingerprint density at radius 3 is 2.22 bits per heavy atom. The molecule has 0 heterocycles. The van der Waals surface area contributed by atoms with Crippen LogP contribution in [-0.4, -0.2) is 50.3 Å². The molecule has 1 aliphatic rings. The van der Waals surface area contributed by atoms with Crippen LogP contribution in [0.5, 0.6) is 0 Å². The first kappa shape index (κ1) is 30.9. The molecule has 7 nitrogen and oxygen atoms in total. The lowest BCUT2D eigenvalue weighted by Gasteiger charge is -2.33. The summed E-state index contributed by atoms with van der Waals surface area (Å²) in [6, 6.07) is 21.2. The minimum atomic E-state index is -4.22. The molecule has 0 spiro atoms. The van der Waals surface area contributed by atoms with Gasteiger partial charge in [-0.15, -0.1) is 0 Å². The molecule has 3 aromatic carbocycles. The quantitative estimate of drug-likeness (QED) is 0.282. The number of halogens is 2. The zero-order valence-electron chi connectivity index (χ0n) is 23.0. The number of benzene rings is 3. The monoisotopic (exact) mass is 615 g/mol. The smallest absolute Gasteiger partial charge is 0.264 e. The van der Waals surface area contributed by atoms with Gasteiger partial charge in [0.25, 0.3) is 10.0 Å². The second kappa shape index (κ2) is 14.2. The fourth-order valence-electron chi connectivity index (χ4n) is 5.05. The minimum absolute atomic E-state index is 0.00256. The Morgan fingerprint density at radius 2 is 1.56 bits per heavy atom. The molecular weight excluding hydrogens is 581 g/mol. The number of nitrogens with one attached hydrogen (secondary N) is 1. The van der Waals surface area contributed by atoms with Gasteiger partial charge in [-0.05, 0) is 62.1 Å². The molecule has 4 rings (SSSR count). The van der Waals surface area contributed by atoms with Crippen molar-refractivity contribution in [1.29, 1.82) is 0 Å². The van der Waals surface area contributed by atoms with E-state index in [0.717, 1.165) is 42.0 Å². The second-order valence-corrected chi connectivity index (χ2v) is 13.0. The first-order valence-corrected chi connectivity index (χ1v) is 16.0. The molecule has 1 fully saturated rings. The summed E-state index contributed by atoms with van der Waals surface area (Å²) >= 11 is 12.7. The Kier molecular flexibility index (Phi) is 10.7. The molecule has 0 radical (unpaired) electrons. The predicted molar refractivity (Wildman–Crippen MR) is 164 cm³/mol. The van der Waals surface area contributed by atoms with Crippen LogP contribution in [0.15, 0.2) is 83.8 Å². The number of carbonyl (C=O) groups is 2. The third kappa shape index (κ3) is 8.03. The number of amides is 2. The Balaban J connectivity index is 1.65. The van der Waals surface area contributed by atoms with Crippen LogP contribution in [0, 0.1) is 0 Å². The number of sulfonamides is 1. The number of anilines is 1. The molecule has 0 saturated heterocycles. The lowest BCUT2D eigenvalue weighted by molar-refractivity contribution is -0.139. The van der Waals surface area contributed by atoms with E-state index in [1.807, 2.05) is 30.3 Å². The summed E-state index contributed by atoms with van der Waals surface area (Å²) in [5.74, 6) is -0.778. The third-order valence-corrected chi connectivity index (χ3v) is 9.72. The Hall–Kier alpha value is -3.07. The fourth-order valence-corrected chi connectivity index (χ4v) is 6.93. The Bertz CT molecular complexity index is 1430. The predicted octanol–water partition coefficient (Wildman–Crippen LogP) is 6.10. The lowest BCUT2D eigenvalue weighted by Crippen LogP contribution is -2.53. The highest BCUT2D eigenvalue weighted by atomic mass is 35.5. The van der Waals surface area contributed by atoms with Crippen LogP contribution in [0.4, 0.5) is 5.69 Å². The summed E-state index contributed by atoms with van der Waals surface area (Å²) in [7, 11) is -4.22. The molecule has 1 aliphatic carbocycles. The highest BCUT2D eigenvalue weighted by Gasteiger charge is 2.33. The number of hydrogen-bond donors (Lipinski definition) is 1. The second-order valence-electron chi connectivity index (χ2n) is 10.3. The molecule has 0 bridgehead atoms. The molecule has 0 aliphatic heterocycles. The summed E-state index contributed by atoms with van der Waals surface area (Å²) in [5.41, 5.74) is 1.08. The van der Waals surface area contributed by atoms with Crippen molar-refractivity contribution in [3.63, 3.8) is 0 Å². The molecule has 1 atom stereocenters. The van der Waals surface area contributed by atoms with Crippen LogP contribution in [0.2, 0.25) is 10.0 Å². The maximum atomic E-state index is 14.0. The van der Waals surface area contributed by atoms with Crippen LogP contribution < -0.4 is 9.62 Å². The van der Waals surface area contributed by atoms with E-state index in [2.05, 4.69) is 5.32 Å². The van der Waals surface area contributed by atoms with Gasteiger partial charge in [-0.1, -0.05) is 91.0 Å². The minimum Gasteiger partial charge on any atom is -0.352 e. The largest absolute Gasteiger partial charge is 0.352 e. The van der Waals surface area contributed by atoms with Gasteiger partial charge in [-0.3, -0.25) is 13.9 Å².